The molecule has 0 saturated carbocycles. The lowest BCUT2D eigenvalue weighted by Crippen LogP contribution is -1.96. The molecule has 0 aromatic rings. The SMILES string of the molecule is CC(N=C=O)N=C=O.O=C=NC(C[SiH3])N=C=O. The van der Waals surface area contributed by atoms with Crippen molar-refractivity contribution in [3.8, 4) is 0 Å². The number of hydrogen-bond acceptors (Lipinski definition) is 8. The Morgan fingerprint density at radius 1 is 0.882 bits per heavy atom. The quantitative estimate of drug-likeness (QED) is 0.347. The van der Waals surface area contributed by atoms with Crippen LogP contribution < -0.4 is 0 Å². The standard InChI is InChI=1S/C4H6N2O2Si.C4H4N2O2/c7-2-5-4(1-9)6-3-8;1-4(5-2-7)6-3-8/h4H,1H2,9H3;4H,1H3. The smallest absolute Gasteiger partial charge is 0.211 e. The molecule has 0 aromatic carbocycles. The van der Waals surface area contributed by atoms with E-state index in [-0.39, 0.29) is 0 Å². The zero-order valence-electron chi connectivity index (χ0n) is 9.28. The minimum atomic E-state index is -0.634. The Balaban J connectivity index is 0. The topological polar surface area (TPSA) is 118 Å². The van der Waals surface area contributed by atoms with Crippen LogP contribution in [0.3, 0.4) is 0 Å². The van der Waals surface area contributed by atoms with Crippen LogP contribution in [0.5, 0.6) is 0 Å². The third-order valence-electron chi connectivity index (χ3n) is 1.25. The van der Waals surface area contributed by atoms with Crippen LogP contribution >= 0.6 is 0 Å². The Bertz CT molecular complexity index is 366. The fraction of sp³-hybridized carbons (Fsp3) is 0.500. The van der Waals surface area contributed by atoms with Crippen LogP contribution in [0.2, 0.25) is 6.04 Å². The lowest BCUT2D eigenvalue weighted by Gasteiger charge is -1.92. The molecule has 0 aliphatic carbocycles. The van der Waals surface area contributed by atoms with Gasteiger partial charge in [-0.2, -0.15) is 20.0 Å². The Morgan fingerprint density at radius 3 is 1.47 bits per heavy atom. The average molecular weight is 254 g/mol. The number of carbonyl (C=O) groups excluding carboxylic acids is 4. The van der Waals surface area contributed by atoms with E-state index in [9.17, 15) is 19.2 Å². The van der Waals surface area contributed by atoms with Gasteiger partial charge in [0.15, 0.2) is 12.3 Å². The summed E-state index contributed by atoms with van der Waals surface area (Å²) >= 11 is 0. The fourth-order valence-electron chi connectivity index (χ4n) is 0.515. The van der Waals surface area contributed by atoms with Crippen molar-refractivity contribution >= 4 is 34.6 Å². The van der Waals surface area contributed by atoms with E-state index in [4.69, 9.17) is 0 Å². The molecule has 8 nitrogen and oxygen atoms in total. The number of hydrogen-bond donors (Lipinski definition) is 0. The van der Waals surface area contributed by atoms with Crippen LogP contribution in [-0.4, -0.2) is 46.9 Å². The highest BCUT2D eigenvalue weighted by atomic mass is 28.1. The predicted molar refractivity (Wildman–Crippen MR) is 60.5 cm³/mol. The van der Waals surface area contributed by atoms with Gasteiger partial charge in [-0.15, -0.1) is 0 Å². The molecule has 9 heteroatoms. The molecule has 0 N–H and O–H groups in total. The van der Waals surface area contributed by atoms with E-state index in [0.29, 0.717) is 6.04 Å². The highest BCUT2D eigenvalue weighted by Crippen LogP contribution is 1.93. The van der Waals surface area contributed by atoms with Gasteiger partial charge in [0.05, 0.1) is 0 Å². The fourth-order valence-corrected chi connectivity index (χ4v) is 0.880. The minimum Gasteiger partial charge on any atom is -0.211 e. The molecule has 0 unspecified atom stereocenters. The van der Waals surface area contributed by atoms with Gasteiger partial charge >= 0.3 is 0 Å². The van der Waals surface area contributed by atoms with Crippen molar-refractivity contribution in [3.63, 3.8) is 0 Å². The van der Waals surface area contributed by atoms with Crippen LogP contribution in [0, 0.1) is 0 Å². The van der Waals surface area contributed by atoms with Crippen molar-refractivity contribution in [2.45, 2.75) is 25.3 Å². The van der Waals surface area contributed by atoms with Gasteiger partial charge in [0.25, 0.3) is 0 Å². The molecular formula is C8H10N4O4Si. The summed E-state index contributed by atoms with van der Waals surface area (Å²) in [5, 5.41) is 0. The molecular weight excluding hydrogens is 244 g/mol. The van der Waals surface area contributed by atoms with Crippen molar-refractivity contribution in [1.29, 1.82) is 0 Å². The minimum absolute atomic E-state index is 0.522. The summed E-state index contributed by atoms with van der Waals surface area (Å²) in [6.07, 6.45) is 4.01. The van der Waals surface area contributed by atoms with Crippen molar-refractivity contribution in [2.24, 2.45) is 20.0 Å². The molecule has 0 aromatic heterocycles. The maximum Gasteiger partial charge on any atom is 0.237 e. The van der Waals surface area contributed by atoms with E-state index in [1.54, 1.807) is 0 Å². The van der Waals surface area contributed by atoms with Gasteiger partial charge in [-0.3, -0.25) is 0 Å². The van der Waals surface area contributed by atoms with Crippen LogP contribution in [0.25, 0.3) is 0 Å². The van der Waals surface area contributed by atoms with Gasteiger partial charge in [0.1, 0.15) is 0 Å². The van der Waals surface area contributed by atoms with E-state index in [1.165, 1.54) is 31.2 Å². The van der Waals surface area contributed by atoms with Crippen molar-refractivity contribution in [1.82, 2.24) is 0 Å². The molecule has 0 saturated heterocycles. The summed E-state index contributed by atoms with van der Waals surface area (Å²) in [5.74, 6) is 0. The van der Waals surface area contributed by atoms with Crippen molar-refractivity contribution in [2.75, 3.05) is 0 Å². The molecule has 0 fully saturated rings. The van der Waals surface area contributed by atoms with Crippen molar-refractivity contribution in [3.05, 3.63) is 0 Å². The molecule has 17 heavy (non-hydrogen) atoms. The van der Waals surface area contributed by atoms with Crippen LogP contribution in [0.4, 0.5) is 0 Å². The zero-order chi connectivity index (χ0) is 13.5. The summed E-state index contributed by atoms with van der Waals surface area (Å²) in [7, 11) is 0.855. The Morgan fingerprint density at radius 2 is 1.24 bits per heavy atom. The molecule has 0 aliphatic heterocycles. The predicted octanol–water partition coefficient (Wildman–Crippen LogP) is -1.23. The first kappa shape index (κ1) is 17.1. The summed E-state index contributed by atoms with van der Waals surface area (Å²) < 4.78 is 0. The molecule has 0 heterocycles. The third-order valence-corrected chi connectivity index (χ3v) is 1.98. The summed E-state index contributed by atoms with van der Waals surface area (Å²) in [4.78, 5) is 50.6. The Labute approximate surface area is 99.7 Å². The molecule has 0 radical (unpaired) electrons. The first-order chi connectivity index (χ1) is 8.15. The molecule has 0 aliphatic rings. The number of isocyanates is 4. The van der Waals surface area contributed by atoms with Crippen LogP contribution in [0.1, 0.15) is 6.92 Å². The van der Waals surface area contributed by atoms with E-state index < -0.39 is 12.3 Å². The molecule has 0 atom stereocenters. The maximum absolute atomic E-state index is 9.58. The van der Waals surface area contributed by atoms with Gasteiger partial charge in [-0.05, 0) is 13.0 Å². The second-order valence-electron chi connectivity index (χ2n) is 2.40. The molecule has 0 rings (SSSR count). The maximum atomic E-state index is 9.58. The van der Waals surface area contributed by atoms with Crippen molar-refractivity contribution < 1.29 is 19.2 Å². The highest BCUT2D eigenvalue weighted by Gasteiger charge is 1.96. The van der Waals surface area contributed by atoms with Gasteiger partial charge in [-0.25, -0.2) is 19.2 Å². The van der Waals surface area contributed by atoms with E-state index in [0.717, 1.165) is 10.2 Å². The largest absolute Gasteiger partial charge is 0.237 e. The third kappa shape index (κ3) is 13.7. The lowest BCUT2D eigenvalue weighted by molar-refractivity contribution is 0.551. The second kappa shape index (κ2) is 13.7. The van der Waals surface area contributed by atoms with Gasteiger partial charge in [0, 0.05) is 10.2 Å². The van der Waals surface area contributed by atoms with E-state index in [2.05, 4.69) is 20.0 Å². The van der Waals surface area contributed by atoms with Crippen LogP contribution in [-0.2, 0) is 19.2 Å². The van der Waals surface area contributed by atoms with Gasteiger partial charge in [-0.1, -0.05) is 0 Å². The summed E-state index contributed by atoms with van der Waals surface area (Å²) in [6, 6.07) is 0.657. The van der Waals surface area contributed by atoms with Gasteiger partial charge in [0.2, 0.25) is 24.3 Å². The normalized spacial score (nSPS) is 10.9. The van der Waals surface area contributed by atoms with E-state index in [1.807, 2.05) is 0 Å². The van der Waals surface area contributed by atoms with Gasteiger partial charge < -0.3 is 0 Å². The highest BCUT2D eigenvalue weighted by molar-refractivity contribution is 6.09. The Hall–Kier alpha value is -2.26. The number of nitrogens with zero attached hydrogens (tertiary/aromatic N) is 4. The molecule has 0 amide bonds. The monoisotopic (exact) mass is 254 g/mol. The average Bonchev–Trinajstić information content (AvgIpc) is 2.30. The summed E-state index contributed by atoms with van der Waals surface area (Å²) in [6.45, 7) is 1.48. The number of aliphatic imine (C=N–C) groups is 4. The first-order valence-electron chi connectivity index (χ1n) is 4.44. The lowest BCUT2D eigenvalue weighted by atomic mass is 10.6. The Kier molecular flexibility index (Phi) is 13.9. The second-order valence-corrected chi connectivity index (χ2v) is 3.22. The first-order valence-corrected chi connectivity index (χ1v) is 5.85. The molecule has 90 valence electrons. The molecule has 0 spiro atoms. The molecule has 0 bridgehead atoms. The zero-order valence-corrected chi connectivity index (χ0v) is 11.3. The van der Waals surface area contributed by atoms with Crippen LogP contribution in [0.15, 0.2) is 20.0 Å². The number of rotatable bonds is 5. The summed E-state index contributed by atoms with van der Waals surface area (Å²) in [5.41, 5.74) is 0. The van der Waals surface area contributed by atoms with E-state index >= 15 is 0 Å².